The molecule has 122 valence electrons. The van der Waals surface area contributed by atoms with Crippen LogP contribution in [0.2, 0.25) is 0 Å². The second-order valence-corrected chi connectivity index (χ2v) is 7.44. The van der Waals surface area contributed by atoms with Crippen LogP contribution in [-0.2, 0) is 6.54 Å². The first-order valence-electron chi connectivity index (χ1n) is 7.67. The zero-order chi connectivity index (χ0) is 17.3. The summed E-state index contributed by atoms with van der Waals surface area (Å²) in [7, 11) is 0. The zero-order valence-electron chi connectivity index (χ0n) is 13.8. The molecule has 3 aromatic rings. The van der Waals surface area contributed by atoms with Crippen LogP contribution in [0.3, 0.4) is 0 Å². The fourth-order valence-corrected chi connectivity index (χ4v) is 2.89. The highest BCUT2D eigenvalue weighted by Gasteiger charge is 2.15. The van der Waals surface area contributed by atoms with Crippen molar-refractivity contribution < 1.29 is 0 Å². The molecule has 0 aliphatic rings. The monoisotopic (exact) mass is 383 g/mol. The Morgan fingerprint density at radius 1 is 1.29 bits per heavy atom. The lowest BCUT2D eigenvalue weighted by Gasteiger charge is -2.20. The van der Waals surface area contributed by atoms with Crippen molar-refractivity contribution in [2.75, 3.05) is 0 Å². The summed E-state index contributed by atoms with van der Waals surface area (Å²) >= 11 is 3.61. The van der Waals surface area contributed by atoms with E-state index in [1.807, 2.05) is 30.5 Å². The molecule has 0 saturated carbocycles. The highest BCUT2D eigenvalue weighted by atomic mass is 79.9. The third-order valence-electron chi connectivity index (χ3n) is 3.55. The molecule has 0 saturated heterocycles. The Hall–Kier alpha value is -2.23. The van der Waals surface area contributed by atoms with Gasteiger partial charge in [-0.25, -0.2) is 9.50 Å². The summed E-state index contributed by atoms with van der Waals surface area (Å²) in [4.78, 5) is 4.69. The van der Waals surface area contributed by atoms with Crippen LogP contribution in [-0.4, -0.2) is 20.1 Å². The largest absolute Gasteiger partial charge is 0.306 e. The smallest absolute Gasteiger partial charge is 0.170 e. The van der Waals surface area contributed by atoms with Crippen molar-refractivity contribution in [3.05, 3.63) is 52.3 Å². The van der Waals surface area contributed by atoms with Gasteiger partial charge in [-0.05, 0) is 54.9 Å². The molecule has 6 heteroatoms. The Labute approximate surface area is 149 Å². The van der Waals surface area contributed by atoms with Crippen molar-refractivity contribution in [3.8, 4) is 17.3 Å². The van der Waals surface area contributed by atoms with Crippen LogP contribution in [0.15, 0.2) is 41.0 Å². The second kappa shape index (κ2) is 6.34. The van der Waals surface area contributed by atoms with Gasteiger partial charge in [0, 0.05) is 23.8 Å². The molecule has 1 aromatic carbocycles. The van der Waals surface area contributed by atoms with E-state index in [1.54, 1.807) is 10.6 Å². The molecule has 2 heterocycles. The molecule has 3 rings (SSSR count). The number of nitriles is 1. The van der Waals surface area contributed by atoms with Crippen molar-refractivity contribution in [2.45, 2.75) is 32.9 Å². The van der Waals surface area contributed by atoms with E-state index in [4.69, 9.17) is 10.2 Å². The first kappa shape index (κ1) is 16.6. The predicted molar refractivity (Wildman–Crippen MR) is 97.4 cm³/mol. The SMILES string of the molecule is CC(C)(C)NCc1ccn2nc(-c3cccc(C#N)c3)c(Br)c2n1. The number of hydrogen-bond donors (Lipinski definition) is 1. The average molecular weight is 384 g/mol. The number of hydrogen-bond acceptors (Lipinski definition) is 4. The molecule has 0 amide bonds. The molecule has 0 aliphatic heterocycles. The summed E-state index contributed by atoms with van der Waals surface area (Å²) in [5, 5.41) is 17.1. The number of rotatable bonds is 3. The van der Waals surface area contributed by atoms with Crippen LogP contribution in [0.5, 0.6) is 0 Å². The quantitative estimate of drug-likeness (QED) is 0.744. The lowest BCUT2D eigenvalue weighted by molar-refractivity contribution is 0.421. The summed E-state index contributed by atoms with van der Waals surface area (Å²) in [6, 6.07) is 11.5. The van der Waals surface area contributed by atoms with Gasteiger partial charge in [0.15, 0.2) is 5.65 Å². The minimum Gasteiger partial charge on any atom is -0.306 e. The molecular weight excluding hydrogens is 366 g/mol. The first-order chi connectivity index (χ1) is 11.4. The number of fused-ring (bicyclic) bond motifs is 1. The van der Waals surface area contributed by atoms with Gasteiger partial charge >= 0.3 is 0 Å². The minimum atomic E-state index is 0.0359. The Morgan fingerprint density at radius 3 is 2.79 bits per heavy atom. The fraction of sp³-hybridized carbons (Fsp3) is 0.278. The molecule has 1 N–H and O–H groups in total. The normalized spacial score (nSPS) is 11.6. The minimum absolute atomic E-state index is 0.0359. The number of nitrogens with zero attached hydrogens (tertiary/aromatic N) is 4. The average Bonchev–Trinajstić information content (AvgIpc) is 2.89. The van der Waals surface area contributed by atoms with E-state index in [0.29, 0.717) is 12.1 Å². The Bertz CT molecular complexity index is 931. The molecule has 5 nitrogen and oxygen atoms in total. The highest BCUT2D eigenvalue weighted by molar-refractivity contribution is 9.10. The maximum absolute atomic E-state index is 9.07. The van der Waals surface area contributed by atoms with E-state index in [9.17, 15) is 0 Å². The predicted octanol–water partition coefficient (Wildman–Crippen LogP) is 3.92. The molecule has 0 radical (unpaired) electrons. The molecule has 0 bridgehead atoms. The summed E-state index contributed by atoms with van der Waals surface area (Å²) in [6.45, 7) is 7.07. The maximum atomic E-state index is 9.07. The number of aromatic nitrogens is 3. The van der Waals surface area contributed by atoms with E-state index in [0.717, 1.165) is 27.1 Å². The molecule has 0 atom stereocenters. The number of nitrogens with one attached hydrogen (secondary N) is 1. The van der Waals surface area contributed by atoms with Crippen molar-refractivity contribution in [1.29, 1.82) is 5.26 Å². The third kappa shape index (κ3) is 3.48. The van der Waals surface area contributed by atoms with Gasteiger partial charge in [-0.3, -0.25) is 0 Å². The first-order valence-corrected chi connectivity index (χ1v) is 8.46. The van der Waals surface area contributed by atoms with E-state index in [1.165, 1.54) is 0 Å². The maximum Gasteiger partial charge on any atom is 0.170 e. The Balaban J connectivity index is 2.00. The summed E-state index contributed by atoms with van der Waals surface area (Å²) in [6.07, 6.45) is 1.91. The molecule has 0 aliphatic carbocycles. The van der Waals surface area contributed by atoms with Crippen LogP contribution in [0.25, 0.3) is 16.9 Å². The lowest BCUT2D eigenvalue weighted by Crippen LogP contribution is -2.35. The Morgan fingerprint density at radius 2 is 2.08 bits per heavy atom. The van der Waals surface area contributed by atoms with Crippen LogP contribution in [0, 0.1) is 11.3 Å². The molecule has 24 heavy (non-hydrogen) atoms. The van der Waals surface area contributed by atoms with Gasteiger partial charge in [-0.15, -0.1) is 0 Å². The molecular formula is C18H18BrN5. The second-order valence-electron chi connectivity index (χ2n) is 6.65. The third-order valence-corrected chi connectivity index (χ3v) is 4.28. The van der Waals surface area contributed by atoms with Gasteiger partial charge in [-0.2, -0.15) is 10.4 Å². The molecule has 0 unspecified atom stereocenters. The summed E-state index contributed by atoms with van der Waals surface area (Å²) in [5.41, 5.74) is 4.03. The van der Waals surface area contributed by atoms with Gasteiger partial charge in [0.25, 0.3) is 0 Å². The van der Waals surface area contributed by atoms with Crippen molar-refractivity contribution in [3.63, 3.8) is 0 Å². The molecule has 0 spiro atoms. The van der Waals surface area contributed by atoms with Crippen LogP contribution in [0.4, 0.5) is 0 Å². The molecule has 0 fully saturated rings. The van der Waals surface area contributed by atoms with Gasteiger partial charge in [-0.1, -0.05) is 12.1 Å². The number of halogens is 1. The van der Waals surface area contributed by atoms with Crippen LogP contribution in [0.1, 0.15) is 32.0 Å². The van der Waals surface area contributed by atoms with E-state index in [2.05, 4.69) is 53.2 Å². The Kier molecular flexibility index (Phi) is 4.39. The van der Waals surface area contributed by atoms with E-state index >= 15 is 0 Å². The van der Waals surface area contributed by atoms with Crippen molar-refractivity contribution >= 4 is 21.6 Å². The standard InChI is InChI=1S/C18H18BrN5/c1-18(2,3)21-11-14-7-8-24-17(22-14)15(19)16(23-24)13-6-4-5-12(9-13)10-20/h4-9,21H,11H2,1-3H3. The highest BCUT2D eigenvalue weighted by Crippen LogP contribution is 2.30. The lowest BCUT2D eigenvalue weighted by atomic mass is 10.1. The topological polar surface area (TPSA) is 66.0 Å². The van der Waals surface area contributed by atoms with Crippen LogP contribution >= 0.6 is 15.9 Å². The van der Waals surface area contributed by atoms with Crippen molar-refractivity contribution in [1.82, 2.24) is 19.9 Å². The van der Waals surface area contributed by atoms with Gasteiger partial charge in [0.1, 0.15) is 5.69 Å². The van der Waals surface area contributed by atoms with Gasteiger partial charge < -0.3 is 5.32 Å². The zero-order valence-corrected chi connectivity index (χ0v) is 15.4. The molecule has 2 aromatic heterocycles. The van der Waals surface area contributed by atoms with Crippen molar-refractivity contribution in [2.24, 2.45) is 0 Å². The summed E-state index contributed by atoms with van der Waals surface area (Å²) < 4.78 is 2.58. The van der Waals surface area contributed by atoms with E-state index in [-0.39, 0.29) is 5.54 Å². The van der Waals surface area contributed by atoms with Crippen LogP contribution < -0.4 is 5.32 Å². The van der Waals surface area contributed by atoms with E-state index < -0.39 is 0 Å². The van der Waals surface area contributed by atoms with Gasteiger partial charge in [0.2, 0.25) is 0 Å². The number of benzene rings is 1. The van der Waals surface area contributed by atoms with Gasteiger partial charge in [0.05, 0.1) is 21.8 Å². The summed E-state index contributed by atoms with van der Waals surface area (Å²) in [5.74, 6) is 0. The fourth-order valence-electron chi connectivity index (χ4n) is 2.31.